The number of rotatable bonds is 2. The Kier molecular flexibility index (Phi) is 3.09. The highest BCUT2D eigenvalue weighted by atomic mass is 32.2. The molecular weight excluding hydrogens is 283 g/mol. The first-order chi connectivity index (χ1) is 8.68. The van der Waals surface area contributed by atoms with E-state index in [1.54, 1.807) is 0 Å². The van der Waals surface area contributed by atoms with Gasteiger partial charge in [-0.1, -0.05) is 0 Å². The van der Waals surface area contributed by atoms with Gasteiger partial charge < -0.3 is 0 Å². The summed E-state index contributed by atoms with van der Waals surface area (Å²) >= 11 is 0. The standard InChI is InChI=1S/C10H8F3N3O2S/c1-19(17,18)8-4-2-7(3-5-8)16-6-14-9(15-16)10(11,12)13/h2-6H,1H3. The molecule has 19 heavy (non-hydrogen) atoms. The first-order valence-corrected chi connectivity index (χ1v) is 6.86. The van der Waals surface area contributed by atoms with Crippen LogP contribution in [0.1, 0.15) is 5.82 Å². The maximum Gasteiger partial charge on any atom is 0.453 e. The zero-order chi connectivity index (χ0) is 14.3. The van der Waals surface area contributed by atoms with Crippen molar-refractivity contribution >= 4 is 9.84 Å². The molecule has 0 spiro atoms. The second-order valence-electron chi connectivity index (χ2n) is 3.78. The summed E-state index contributed by atoms with van der Waals surface area (Å²) in [5.74, 6) is -1.25. The van der Waals surface area contributed by atoms with Crippen molar-refractivity contribution < 1.29 is 21.6 Å². The third kappa shape index (κ3) is 2.92. The van der Waals surface area contributed by atoms with E-state index in [0.29, 0.717) is 0 Å². The number of alkyl halides is 3. The van der Waals surface area contributed by atoms with Crippen molar-refractivity contribution in [1.82, 2.24) is 14.8 Å². The zero-order valence-electron chi connectivity index (χ0n) is 9.59. The number of nitrogens with zero attached hydrogens (tertiary/aromatic N) is 3. The zero-order valence-corrected chi connectivity index (χ0v) is 10.4. The monoisotopic (exact) mass is 291 g/mol. The van der Waals surface area contributed by atoms with E-state index in [1.807, 2.05) is 0 Å². The summed E-state index contributed by atoms with van der Waals surface area (Å²) in [7, 11) is -3.35. The van der Waals surface area contributed by atoms with Gasteiger partial charge in [0.1, 0.15) is 6.33 Å². The molecule has 2 rings (SSSR count). The Hall–Kier alpha value is -1.90. The number of sulfone groups is 1. The minimum Gasteiger partial charge on any atom is -0.224 e. The Morgan fingerprint density at radius 2 is 1.74 bits per heavy atom. The van der Waals surface area contributed by atoms with Crippen LogP contribution in [0.4, 0.5) is 13.2 Å². The van der Waals surface area contributed by atoms with E-state index in [1.165, 1.54) is 24.3 Å². The molecule has 0 aliphatic heterocycles. The van der Waals surface area contributed by atoms with Crippen molar-refractivity contribution in [3.05, 3.63) is 36.4 Å². The Morgan fingerprint density at radius 3 is 2.16 bits per heavy atom. The van der Waals surface area contributed by atoms with Gasteiger partial charge in [0.2, 0.25) is 0 Å². The van der Waals surface area contributed by atoms with Gasteiger partial charge >= 0.3 is 6.18 Å². The molecule has 5 nitrogen and oxygen atoms in total. The normalized spacial score (nSPS) is 12.6. The SMILES string of the molecule is CS(=O)(=O)c1ccc(-n2cnc(C(F)(F)F)n2)cc1. The maximum absolute atomic E-state index is 12.3. The van der Waals surface area contributed by atoms with Crippen LogP contribution in [-0.4, -0.2) is 29.4 Å². The fraction of sp³-hybridized carbons (Fsp3) is 0.200. The van der Waals surface area contributed by atoms with Crippen LogP contribution in [0.3, 0.4) is 0 Å². The molecule has 0 bridgehead atoms. The number of halogens is 3. The first kappa shape index (κ1) is 13.5. The van der Waals surface area contributed by atoms with E-state index in [2.05, 4.69) is 10.1 Å². The quantitative estimate of drug-likeness (QED) is 0.844. The number of benzene rings is 1. The summed E-state index contributed by atoms with van der Waals surface area (Å²) < 4.78 is 60.3. The fourth-order valence-corrected chi connectivity index (χ4v) is 1.99. The van der Waals surface area contributed by atoms with Gasteiger partial charge in [0.25, 0.3) is 5.82 Å². The molecule has 0 fully saturated rings. The van der Waals surface area contributed by atoms with E-state index in [-0.39, 0.29) is 10.6 Å². The summed E-state index contributed by atoms with van der Waals surface area (Å²) in [6.07, 6.45) is -2.66. The summed E-state index contributed by atoms with van der Waals surface area (Å²) in [6.45, 7) is 0. The van der Waals surface area contributed by atoms with E-state index < -0.39 is 21.8 Å². The lowest BCUT2D eigenvalue weighted by atomic mass is 10.3. The van der Waals surface area contributed by atoms with Crippen LogP contribution < -0.4 is 0 Å². The summed E-state index contributed by atoms with van der Waals surface area (Å²) in [5, 5.41) is 3.27. The molecule has 1 aromatic carbocycles. The van der Waals surface area contributed by atoms with E-state index >= 15 is 0 Å². The van der Waals surface area contributed by atoms with E-state index in [0.717, 1.165) is 17.3 Å². The molecule has 0 unspecified atom stereocenters. The molecule has 0 atom stereocenters. The molecule has 0 aliphatic carbocycles. The third-order valence-corrected chi connectivity index (χ3v) is 3.40. The molecule has 2 aromatic rings. The highest BCUT2D eigenvalue weighted by Gasteiger charge is 2.35. The number of aromatic nitrogens is 3. The van der Waals surface area contributed by atoms with Crippen molar-refractivity contribution in [2.24, 2.45) is 0 Å². The van der Waals surface area contributed by atoms with Crippen LogP contribution in [0.25, 0.3) is 5.69 Å². The predicted molar refractivity (Wildman–Crippen MR) is 59.5 cm³/mol. The van der Waals surface area contributed by atoms with Crippen molar-refractivity contribution in [2.45, 2.75) is 11.1 Å². The van der Waals surface area contributed by atoms with Crippen LogP contribution in [0.2, 0.25) is 0 Å². The topological polar surface area (TPSA) is 64.8 Å². The lowest BCUT2D eigenvalue weighted by Crippen LogP contribution is -2.08. The predicted octanol–water partition coefficient (Wildman–Crippen LogP) is 1.69. The van der Waals surface area contributed by atoms with Crippen molar-refractivity contribution in [1.29, 1.82) is 0 Å². The molecule has 0 radical (unpaired) electrons. The van der Waals surface area contributed by atoms with E-state index in [4.69, 9.17) is 0 Å². The minimum absolute atomic E-state index is 0.0763. The van der Waals surface area contributed by atoms with Gasteiger partial charge in [-0.15, -0.1) is 5.10 Å². The van der Waals surface area contributed by atoms with Crippen LogP contribution >= 0.6 is 0 Å². The Balaban J connectivity index is 2.36. The lowest BCUT2D eigenvalue weighted by Gasteiger charge is -2.02. The van der Waals surface area contributed by atoms with Gasteiger partial charge in [0.15, 0.2) is 9.84 Å². The van der Waals surface area contributed by atoms with Crippen LogP contribution in [0.5, 0.6) is 0 Å². The van der Waals surface area contributed by atoms with Crippen LogP contribution in [0.15, 0.2) is 35.5 Å². The van der Waals surface area contributed by atoms with Gasteiger partial charge in [-0.05, 0) is 24.3 Å². The Bertz CT molecular complexity index is 690. The van der Waals surface area contributed by atoms with Gasteiger partial charge in [0, 0.05) is 6.26 Å². The van der Waals surface area contributed by atoms with Gasteiger partial charge in [-0.2, -0.15) is 13.2 Å². The van der Waals surface area contributed by atoms with Gasteiger partial charge in [-0.3, -0.25) is 0 Å². The molecule has 1 heterocycles. The second-order valence-corrected chi connectivity index (χ2v) is 5.79. The van der Waals surface area contributed by atoms with Crippen LogP contribution in [0, 0.1) is 0 Å². The number of hydrogen-bond donors (Lipinski definition) is 0. The minimum atomic E-state index is -4.61. The lowest BCUT2D eigenvalue weighted by molar-refractivity contribution is -0.144. The molecule has 0 saturated carbocycles. The Labute approximate surface area is 106 Å². The van der Waals surface area contributed by atoms with Gasteiger partial charge in [0.05, 0.1) is 10.6 Å². The fourth-order valence-electron chi connectivity index (χ4n) is 1.36. The highest BCUT2D eigenvalue weighted by molar-refractivity contribution is 7.90. The molecule has 0 saturated heterocycles. The average molecular weight is 291 g/mol. The average Bonchev–Trinajstić information content (AvgIpc) is 2.77. The third-order valence-electron chi connectivity index (χ3n) is 2.27. The number of hydrogen-bond acceptors (Lipinski definition) is 4. The molecule has 9 heteroatoms. The maximum atomic E-state index is 12.3. The summed E-state index contributed by atoms with van der Waals surface area (Å²) in [4.78, 5) is 3.22. The smallest absolute Gasteiger partial charge is 0.224 e. The van der Waals surface area contributed by atoms with E-state index in [9.17, 15) is 21.6 Å². The Morgan fingerprint density at radius 1 is 1.16 bits per heavy atom. The van der Waals surface area contributed by atoms with Crippen molar-refractivity contribution in [2.75, 3.05) is 6.26 Å². The summed E-state index contributed by atoms with van der Waals surface area (Å²) in [5.41, 5.74) is 0.287. The highest BCUT2D eigenvalue weighted by Crippen LogP contribution is 2.26. The summed E-state index contributed by atoms with van der Waals surface area (Å²) in [6, 6.07) is 5.29. The van der Waals surface area contributed by atoms with Crippen LogP contribution in [-0.2, 0) is 16.0 Å². The molecular formula is C10H8F3N3O2S. The second kappa shape index (κ2) is 4.34. The largest absolute Gasteiger partial charge is 0.453 e. The van der Waals surface area contributed by atoms with Gasteiger partial charge in [-0.25, -0.2) is 18.1 Å². The first-order valence-electron chi connectivity index (χ1n) is 4.97. The molecule has 0 aliphatic rings. The van der Waals surface area contributed by atoms with Crippen molar-refractivity contribution in [3.63, 3.8) is 0 Å². The molecule has 0 N–H and O–H groups in total. The van der Waals surface area contributed by atoms with Crippen molar-refractivity contribution in [3.8, 4) is 5.69 Å². The molecule has 0 amide bonds. The molecule has 102 valence electrons. The molecule has 1 aromatic heterocycles.